The average Bonchev–Trinajstić information content (AvgIpc) is 3.06. The molecule has 5 nitrogen and oxygen atoms in total. The number of hydrogen-bond acceptors (Lipinski definition) is 6. The topological polar surface area (TPSA) is 55.3 Å². The third kappa shape index (κ3) is 4.71. The number of carbonyl (C=O) groups is 1. The molecule has 0 saturated carbocycles. The van der Waals surface area contributed by atoms with Crippen molar-refractivity contribution in [3.8, 4) is 0 Å². The molecule has 0 bridgehead atoms. The highest BCUT2D eigenvalue weighted by molar-refractivity contribution is 8.01. The summed E-state index contributed by atoms with van der Waals surface area (Å²) in [6.45, 7) is 7.31. The summed E-state index contributed by atoms with van der Waals surface area (Å²) in [5, 5.41) is 8.91. The van der Waals surface area contributed by atoms with Crippen LogP contribution in [0.1, 0.15) is 24.8 Å². The van der Waals surface area contributed by atoms with Crippen LogP contribution in [0, 0.1) is 12.8 Å². The minimum absolute atomic E-state index is 0.195. The van der Waals surface area contributed by atoms with Gasteiger partial charge in [0.2, 0.25) is 5.91 Å². The molecule has 2 heterocycles. The van der Waals surface area contributed by atoms with Gasteiger partial charge in [-0.05, 0) is 19.8 Å². The van der Waals surface area contributed by atoms with E-state index in [0.29, 0.717) is 11.7 Å². The van der Waals surface area contributed by atoms with Gasteiger partial charge in [0.1, 0.15) is 5.01 Å². The van der Waals surface area contributed by atoms with Crippen LogP contribution >= 0.6 is 23.1 Å². The van der Waals surface area contributed by atoms with Gasteiger partial charge in [-0.2, -0.15) is 0 Å². The molecule has 1 aromatic rings. The first-order valence-electron chi connectivity index (χ1n) is 6.97. The first-order chi connectivity index (χ1) is 9.69. The fraction of sp³-hybridized carbons (Fsp3) is 0.769. The number of nitrogens with zero attached hydrogens (tertiary/aromatic N) is 3. The lowest BCUT2D eigenvalue weighted by molar-refractivity contribution is -0.127. The monoisotopic (exact) mass is 315 g/mol. The first kappa shape index (κ1) is 15.7. The zero-order valence-electron chi connectivity index (χ0n) is 12.0. The van der Waals surface area contributed by atoms with Crippen LogP contribution in [0.3, 0.4) is 0 Å². The molecular formula is C13H21N3O2S2. The number of thioether (sulfide) groups is 1. The van der Waals surface area contributed by atoms with Crippen molar-refractivity contribution in [1.29, 1.82) is 0 Å². The van der Waals surface area contributed by atoms with Crippen molar-refractivity contribution in [3.05, 3.63) is 5.01 Å². The van der Waals surface area contributed by atoms with Crippen LogP contribution in [0.2, 0.25) is 0 Å². The molecule has 1 aromatic heterocycles. The molecule has 7 heteroatoms. The molecular weight excluding hydrogens is 294 g/mol. The average molecular weight is 315 g/mol. The van der Waals surface area contributed by atoms with Crippen molar-refractivity contribution in [2.75, 3.05) is 32.1 Å². The minimum atomic E-state index is 0.195. The number of likely N-dealkylation sites (tertiary alicyclic amines) is 1. The van der Waals surface area contributed by atoms with E-state index in [2.05, 4.69) is 17.1 Å². The molecule has 1 atom stereocenters. The van der Waals surface area contributed by atoms with Gasteiger partial charge in [-0.25, -0.2) is 0 Å². The van der Waals surface area contributed by atoms with E-state index in [9.17, 15) is 4.79 Å². The molecule has 1 fully saturated rings. The number of hydrogen-bond donors (Lipinski definition) is 0. The van der Waals surface area contributed by atoms with Gasteiger partial charge in [0.15, 0.2) is 4.34 Å². The largest absolute Gasteiger partial charge is 0.381 e. The van der Waals surface area contributed by atoms with E-state index in [-0.39, 0.29) is 5.91 Å². The zero-order chi connectivity index (χ0) is 14.4. The maximum atomic E-state index is 12.1. The van der Waals surface area contributed by atoms with Crippen molar-refractivity contribution in [3.63, 3.8) is 0 Å². The molecule has 0 spiro atoms. The van der Waals surface area contributed by atoms with Crippen molar-refractivity contribution in [1.82, 2.24) is 15.1 Å². The van der Waals surface area contributed by atoms with E-state index in [4.69, 9.17) is 4.74 Å². The number of ether oxygens (including phenoxy) is 1. The SMILES string of the molecule is CCCOC[C@H]1CCN(C(=O)CSc2nnc(C)s2)C1. The lowest BCUT2D eigenvalue weighted by Gasteiger charge is -2.16. The number of aromatic nitrogens is 2. The molecule has 0 aromatic carbocycles. The Morgan fingerprint density at radius 3 is 3.10 bits per heavy atom. The molecule has 1 aliphatic rings. The number of rotatable bonds is 7. The summed E-state index contributed by atoms with van der Waals surface area (Å²) in [5.74, 6) is 1.15. The van der Waals surface area contributed by atoms with Gasteiger partial charge >= 0.3 is 0 Å². The van der Waals surface area contributed by atoms with E-state index < -0.39 is 0 Å². The highest BCUT2D eigenvalue weighted by atomic mass is 32.2. The van der Waals surface area contributed by atoms with Crippen molar-refractivity contribution < 1.29 is 9.53 Å². The van der Waals surface area contributed by atoms with E-state index >= 15 is 0 Å². The quantitative estimate of drug-likeness (QED) is 0.570. The van der Waals surface area contributed by atoms with E-state index in [1.807, 2.05) is 11.8 Å². The lowest BCUT2D eigenvalue weighted by atomic mass is 10.1. The van der Waals surface area contributed by atoms with Crippen LogP contribution in [-0.2, 0) is 9.53 Å². The van der Waals surface area contributed by atoms with Gasteiger partial charge < -0.3 is 9.64 Å². The molecule has 1 saturated heterocycles. The van der Waals surface area contributed by atoms with Crippen LogP contribution in [0.4, 0.5) is 0 Å². The molecule has 1 amide bonds. The number of carbonyl (C=O) groups excluding carboxylic acids is 1. The van der Waals surface area contributed by atoms with Crippen LogP contribution in [0.15, 0.2) is 4.34 Å². The highest BCUT2D eigenvalue weighted by Crippen LogP contribution is 2.23. The molecule has 2 rings (SSSR count). The fourth-order valence-electron chi connectivity index (χ4n) is 2.14. The Balaban J connectivity index is 1.68. The Hall–Kier alpha value is -0.660. The standard InChI is InChI=1S/C13H21N3O2S2/c1-3-6-18-8-11-4-5-16(7-11)12(17)9-19-13-15-14-10(2)20-13/h11H,3-9H2,1-2H3/t11-/m0/s1. The Bertz CT molecular complexity index is 439. The summed E-state index contributed by atoms with van der Waals surface area (Å²) in [4.78, 5) is 14.1. The normalized spacial score (nSPS) is 18.7. The lowest BCUT2D eigenvalue weighted by Crippen LogP contribution is -2.30. The second-order valence-electron chi connectivity index (χ2n) is 4.95. The zero-order valence-corrected chi connectivity index (χ0v) is 13.6. The molecule has 0 radical (unpaired) electrons. The molecule has 0 unspecified atom stereocenters. The Morgan fingerprint density at radius 1 is 1.55 bits per heavy atom. The Labute approximate surface area is 128 Å². The van der Waals surface area contributed by atoms with E-state index in [1.54, 1.807) is 0 Å². The summed E-state index contributed by atoms with van der Waals surface area (Å²) < 4.78 is 6.44. The van der Waals surface area contributed by atoms with Gasteiger partial charge in [-0.3, -0.25) is 4.79 Å². The van der Waals surface area contributed by atoms with Gasteiger partial charge in [-0.1, -0.05) is 30.0 Å². The minimum Gasteiger partial charge on any atom is -0.381 e. The molecule has 112 valence electrons. The van der Waals surface area contributed by atoms with Gasteiger partial charge in [0.25, 0.3) is 0 Å². The third-order valence-electron chi connectivity index (χ3n) is 3.17. The van der Waals surface area contributed by atoms with Crippen molar-refractivity contribution >= 4 is 29.0 Å². The Kier molecular flexibility index (Phi) is 6.25. The second kappa shape index (κ2) is 7.95. The van der Waals surface area contributed by atoms with Gasteiger partial charge in [0.05, 0.1) is 12.4 Å². The fourth-order valence-corrected chi connectivity index (χ4v) is 3.86. The summed E-state index contributed by atoms with van der Waals surface area (Å²) in [6, 6.07) is 0. The van der Waals surface area contributed by atoms with Crippen molar-refractivity contribution in [2.24, 2.45) is 5.92 Å². The molecule has 1 aliphatic heterocycles. The Morgan fingerprint density at radius 2 is 2.40 bits per heavy atom. The predicted octanol–water partition coefficient (Wildman–Crippen LogP) is 2.21. The maximum Gasteiger partial charge on any atom is 0.233 e. The summed E-state index contributed by atoms with van der Waals surface area (Å²) in [7, 11) is 0. The molecule has 20 heavy (non-hydrogen) atoms. The highest BCUT2D eigenvalue weighted by Gasteiger charge is 2.26. The van der Waals surface area contributed by atoms with Crippen LogP contribution < -0.4 is 0 Å². The first-order valence-corrected chi connectivity index (χ1v) is 8.77. The summed E-state index contributed by atoms with van der Waals surface area (Å²) >= 11 is 3.02. The van der Waals surface area contributed by atoms with Crippen LogP contribution in [0.25, 0.3) is 0 Å². The van der Waals surface area contributed by atoms with Crippen LogP contribution in [-0.4, -0.2) is 53.1 Å². The van der Waals surface area contributed by atoms with E-state index in [0.717, 1.165) is 48.5 Å². The van der Waals surface area contributed by atoms with Gasteiger partial charge in [0, 0.05) is 25.6 Å². The second-order valence-corrected chi connectivity index (χ2v) is 7.35. The maximum absolute atomic E-state index is 12.1. The number of amides is 1. The molecule has 0 aliphatic carbocycles. The smallest absolute Gasteiger partial charge is 0.233 e. The summed E-state index contributed by atoms with van der Waals surface area (Å²) in [6.07, 6.45) is 2.10. The molecule has 0 N–H and O–H groups in total. The third-order valence-corrected chi connectivity index (χ3v) is 5.12. The van der Waals surface area contributed by atoms with Gasteiger partial charge in [-0.15, -0.1) is 10.2 Å². The number of aryl methyl sites for hydroxylation is 1. The van der Waals surface area contributed by atoms with Crippen LogP contribution in [0.5, 0.6) is 0 Å². The van der Waals surface area contributed by atoms with E-state index in [1.165, 1.54) is 23.1 Å². The summed E-state index contributed by atoms with van der Waals surface area (Å²) in [5.41, 5.74) is 0. The van der Waals surface area contributed by atoms with Crippen molar-refractivity contribution in [2.45, 2.75) is 31.0 Å². The predicted molar refractivity (Wildman–Crippen MR) is 81.2 cm³/mol.